The zero-order chi connectivity index (χ0) is 22.8. The van der Waals surface area contributed by atoms with Gasteiger partial charge in [-0.3, -0.25) is 9.80 Å². The zero-order valence-corrected chi connectivity index (χ0v) is 20.7. The Bertz CT molecular complexity index is 1040. The average molecular weight is 492 g/mol. The number of rotatable bonds is 7. The van der Waals surface area contributed by atoms with Crippen molar-refractivity contribution in [2.24, 2.45) is 17.1 Å². The summed E-state index contributed by atoms with van der Waals surface area (Å²) in [5.74, 6) is 0.796. The number of hydrogen-bond acceptors (Lipinski definition) is 5. The number of amides is 1. The van der Waals surface area contributed by atoms with Crippen LogP contribution in [0.4, 0.5) is 0 Å². The number of nitrogens with two attached hydrogens (primary N) is 1. The lowest BCUT2D eigenvalue weighted by molar-refractivity contribution is -0.139. The summed E-state index contributed by atoms with van der Waals surface area (Å²) >= 11 is 0. The van der Waals surface area contributed by atoms with E-state index in [1.165, 1.54) is 11.8 Å². The molecule has 1 saturated heterocycles. The van der Waals surface area contributed by atoms with Crippen LogP contribution in [0.15, 0.2) is 59.5 Å². The number of halogens is 1. The summed E-state index contributed by atoms with van der Waals surface area (Å²) in [5, 5.41) is 1.71. The van der Waals surface area contributed by atoms with Crippen molar-refractivity contribution in [1.29, 1.82) is 0 Å². The first-order valence-electron chi connectivity index (χ1n) is 11.4. The molecule has 0 radical (unpaired) electrons. The number of carbonyl (C=O) groups is 1. The Balaban J connectivity index is 0.00000306. The lowest BCUT2D eigenvalue weighted by Crippen LogP contribution is -2.39. The van der Waals surface area contributed by atoms with Crippen molar-refractivity contribution in [3.8, 4) is 0 Å². The summed E-state index contributed by atoms with van der Waals surface area (Å²) in [6.45, 7) is 1.13. The lowest BCUT2D eigenvalue weighted by Gasteiger charge is -2.35. The van der Waals surface area contributed by atoms with Crippen LogP contribution in [-0.2, 0) is 21.2 Å². The number of hydrogen-bond donors (Lipinski definition) is 2. The molecule has 180 valence electrons. The van der Waals surface area contributed by atoms with E-state index in [1.54, 1.807) is 29.3 Å². The molecule has 1 heterocycles. The summed E-state index contributed by atoms with van der Waals surface area (Å²) in [6.07, 6.45) is 7.22. The average Bonchev–Trinajstić information content (AvgIpc) is 3.08. The van der Waals surface area contributed by atoms with E-state index in [0.717, 1.165) is 44.1 Å². The van der Waals surface area contributed by atoms with E-state index in [-0.39, 0.29) is 29.8 Å². The van der Waals surface area contributed by atoms with Crippen LogP contribution in [0, 0.1) is 11.3 Å². The number of nitrogens with zero attached hydrogens (tertiary/aromatic N) is 1. The van der Waals surface area contributed by atoms with Gasteiger partial charge in [-0.1, -0.05) is 42.5 Å². The largest absolute Gasteiger partial charge is 0.324 e. The van der Waals surface area contributed by atoms with Crippen LogP contribution in [-0.4, -0.2) is 32.1 Å². The van der Waals surface area contributed by atoms with Gasteiger partial charge in [0.1, 0.15) is 0 Å². The second-order valence-corrected chi connectivity index (χ2v) is 11.5. The number of hydrazine groups is 1. The van der Waals surface area contributed by atoms with Crippen molar-refractivity contribution in [2.75, 3.05) is 12.8 Å². The Morgan fingerprint density at radius 3 is 2.33 bits per heavy atom. The van der Waals surface area contributed by atoms with E-state index < -0.39 is 9.84 Å². The fourth-order valence-corrected chi connectivity index (χ4v) is 5.65. The molecule has 0 bridgehead atoms. The number of benzene rings is 2. The molecule has 1 aliphatic carbocycles. The number of nitrogens with one attached hydrogen (secondary N) is 1. The minimum Gasteiger partial charge on any atom is -0.324 e. The lowest BCUT2D eigenvalue weighted by atomic mass is 9.69. The Morgan fingerprint density at radius 2 is 1.73 bits per heavy atom. The quantitative estimate of drug-likeness (QED) is 0.610. The molecule has 1 amide bonds. The summed E-state index contributed by atoms with van der Waals surface area (Å²) in [4.78, 5) is 13.5. The third kappa shape index (κ3) is 5.96. The molecule has 4 rings (SSSR count). The van der Waals surface area contributed by atoms with E-state index in [9.17, 15) is 13.2 Å². The minimum atomic E-state index is -3.22. The van der Waals surface area contributed by atoms with Crippen molar-refractivity contribution >= 4 is 28.2 Å². The molecule has 8 heteroatoms. The van der Waals surface area contributed by atoms with Crippen LogP contribution in [0.5, 0.6) is 0 Å². The highest BCUT2D eigenvalue weighted by atomic mass is 35.5. The van der Waals surface area contributed by atoms with Crippen LogP contribution in [0.25, 0.3) is 0 Å². The summed E-state index contributed by atoms with van der Waals surface area (Å²) in [7, 11) is -3.22. The molecule has 1 atom stereocenters. The Hall–Kier alpha value is -1.93. The van der Waals surface area contributed by atoms with Crippen molar-refractivity contribution in [2.45, 2.75) is 56.0 Å². The smallest absolute Gasteiger partial charge is 0.244 e. The van der Waals surface area contributed by atoms with Gasteiger partial charge in [0, 0.05) is 18.8 Å². The van der Waals surface area contributed by atoms with Crippen LogP contribution in [0.1, 0.15) is 55.7 Å². The van der Waals surface area contributed by atoms with Crippen LogP contribution < -0.4 is 11.2 Å². The maximum Gasteiger partial charge on any atom is 0.244 e. The molecule has 1 spiro atoms. The first-order valence-corrected chi connectivity index (χ1v) is 13.3. The van der Waals surface area contributed by atoms with Gasteiger partial charge in [0.25, 0.3) is 0 Å². The molecule has 6 nitrogen and oxygen atoms in total. The second-order valence-electron chi connectivity index (χ2n) is 9.46. The minimum absolute atomic E-state index is 0. The number of sulfone groups is 1. The monoisotopic (exact) mass is 491 g/mol. The zero-order valence-electron chi connectivity index (χ0n) is 19.1. The molecule has 2 aromatic carbocycles. The highest BCUT2D eigenvalue weighted by Gasteiger charge is 2.48. The van der Waals surface area contributed by atoms with E-state index in [0.29, 0.717) is 23.9 Å². The predicted molar refractivity (Wildman–Crippen MR) is 132 cm³/mol. The molecule has 33 heavy (non-hydrogen) atoms. The molecule has 1 aliphatic heterocycles. The third-order valence-corrected chi connectivity index (χ3v) is 8.30. The normalized spacial score (nSPS) is 24.0. The molecular weight excluding hydrogens is 458 g/mol. The number of carbonyl (C=O) groups excluding carboxylic acids is 1. The first kappa shape index (κ1) is 25.7. The molecule has 3 N–H and O–H groups in total. The van der Waals surface area contributed by atoms with Crippen molar-refractivity contribution in [3.05, 3.63) is 65.7 Å². The van der Waals surface area contributed by atoms with Crippen LogP contribution in [0.3, 0.4) is 0 Å². The van der Waals surface area contributed by atoms with Gasteiger partial charge in [0.15, 0.2) is 9.84 Å². The molecule has 2 aromatic rings. The summed E-state index contributed by atoms with van der Waals surface area (Å²) in [6, 6.07) is 17.1. The van der Waals surface area contributed by atoms with Gasteiger partial charge < -0.3 is 5.73 Å². The standard InChI is InChI=1S/C25H33N3O3S.ClH/c1-32(30,31)22-10-7-20(8-11-22)17-28-24(29)25(18-27-28)15-13-19(14-16-25)9-12-23(26)21-5-3-2-4-6-21;/h2-8,10-11,19,23,27H,9,12-18,26H2,1H3;1H. The van der Waals surface area contributed by atoms with Gasteiger partial charge in [-0.05, 0) is 67.7 Å². The van der Waals surface area contributed by atoms with Crippen molar-refractivity contribution in [3.63, 3.8) is 0 Å². The van der Waals surface area contributed by atoms with Gasteiger partial charge in [0.05, 0.1) is 16.9 Å². The second kappa shape index (κ2) is 10.6. The highest BCUT2D eigenvalue weighted by Crippen LogP contribution is 2.44. The summed E-state index contributed by atoms with van der Waals surface area (Å²) in [5.41, 5.74) is 11.5. The Labute approximate surface area is 203 Å². The molecule has 2 fully saturated rings. The topological polar surface area (TPSA) is 92.5 Å². The molecule has 2 aliphatic rings. The maximum absolute atomic E-state index is 13.2. The predicted octanol–water partition coefficient (Wildman–Crippen LogP) is 4.02. The van der Waals surface area contributed by atoms with E-state index in [1.807, 2.05) is 18.2 Å². The van der Waals surface area contributed by atoms with Gasteiger partial charge >= 0.3 is 0 Å². The van der Waals surface area contributed by atoms with E-state index in [2.05, 4.69) is 17.6 Å². The molecule has 1 unspecified atom stereocenters. The summed E-state index contributed by atoms with van der Waals surface area (Å²) < 4.78 is 23.3. The van der Waals surface area contributed by atoms with Crippen molar-refractivity contribution < 1.29 is 13.2 Å². The molecular formula is C25H34ClN3O3S. The Kier molecular flexibility index (Phi) is 8.22. The fraction of sp³-hybridized carbons (Fsp3) is 0.480. The fourth-order valence-electron chi connectivity index (χ4n) is 5.02. The third-order valence-electron chi connectivity index (χ3n) is 7.18. The molecule has 1 saturated carbocycles. The van der Waals surface area contributed by atoms with Gasteiger partial charge in [-0.25, -0.2) is 13.8 Å². The van der Waals surface area contributed by atoms with Crippen molar-refractivity contribution in [1.82, 2.24) is 10.4 Å². The van der Waals surface area contributed by atoms with Crippen LogP contribution >= 0.6 is 12.4 Å². The van der Waals surface area contributed by atoms with Gasteiger partial charge in [-0.15, -0.1) is 12.4 Å². The van der Waals surface area contributed by atoms with Gasteiger partial charge in [-0.2, -0.15) is 0 Å². The Morgan fingerprint density at radius 1 is 1.09 bits per heavy atom. The first-order chi connectivity index (χ1) is 15.3. The SMILES string of the molecule is CS(=O)(=O)c1ccc(CN2NCC3(CCC(CCC(N)c4ccccc4)CC3)C2=O)cc1.Cl. The van der Waals surface area contributed by atoms with E-state index in [4.69, 9.17) is 5.73 Å². The van der Waals surface area contributed by atoms with Gasteiger partial charge in [0.2, 0.25) is 5.91 Å². The van der Waals surface area contributed by atoms with Crippen LogP contribution in [0.2, 0.25) is 0 Å². The maximum atomic E-state index is 13.2. The highest BCUT2D eigenvalue weighted by molar-refractivity contribution is 7.90. The van der Waals surface area contributed by atoms with E-state index >= 15 is 0 Å². The molecule has 0 aromatic heterocycles.